The van der Waals surface area contributed by atoms with E-state index in [9.17, 15) is 13.2 Å². The first kappa shape index (κ1) is 18.6. The van der Waals surface area contributed by atoms with Crippen molar-refractivity contribution in [3.8, 4) is 0 Å². The van der Waals surface area contributed by atoms with Crippen LogP contribution in [0.15, 0.2) is 38.4 Å². The summed E-state index contributed by atoms with van der Waals surface area (Å²) in [7, 11) is -3.88. The third kappa shape index (κ3) is 3.29. The fourth-order valence-corrected chi connectivity index (χ4v) is 5.29. The zero-order valence-corrected chi connectivity index (χ0v) is 16.3. The fourth-order valence-electron chi connectivity index (χ4n) is 3.67. The molecule has 10 heteroatoms. The predicted octanol–water partition coefficient (Wildman–Crippen LogP) is 2.02. The summed E-state index contributed by atoms with van der Waals surface area (Å²) in [6.45, 7) is 4.36. The van der Waals surface area contributed by atoms with E-state index in [1.54, 1.807) is 30.0 Å². The van der Waals surface area contributed by atoms with E-state index in [0.717, 1.165) is 5.56 Å². The van der Waals surface area contributed by atoms with Crippen molar-refractivity contribution in [1.29, 1.82) is 0 Å². The average molecular weight is 404 g/mol. The van der Waals surface area contributed by atoms with Crippen LogP contribution in [0.2, 0.25) is 0 Å². The lowest BCUT2D eigenvalue weighted by atomic mass is 10.1. The molecule has 1 atom stereocenters. The van der Waals surface area contributed by atoms with Gasteiger partial charge in [-0.2, -0.15) is 0 Å². The van der Waals surface area contributed by atoms with E-state index in [-0.39, 0.29) is 28.6 Å². The number of fused-ring (bicyclic) bond motifs is 1. The third-order valence-electron chi connectivity index (χ3n) is 4.90. The molecule has 2 aromatic heterocycles. The lowest BCUT2D eigenvalue weighted by Crippen LogP contribution is -2.49. The molecule has 1 saturated heterocycles. The van der Waals surface area contributed by atoms with Crippen molar-refractivity contribution >= 4 is 27.0 Å². The number of carbonyl (C=O) groups excluding carboxylic acids is 1. The maximum atomic E-state index is 13.1. The van der Waals surface area contributed by atoms with Crippen molar-refractivity contribution in [2.45, 2.75) is 37.6 Å². The quantitative estimate of drug-likeness (QED) is 0.706. The molecule has 1 aliphatic heterocycles. The van der Waals surface area contributed by atoms with E-state index in [4.69, 9.17) is 9.05 Å². The third-order valence-corrected chi connectivity index (χ3v) is 6.60. The maximum Gasteiger partial charge on any atom is 0.289 e. The first-order valence-corrected chi connectivity index (χ1v) is 10.4. The van der Waals surface area contributed by atoms with Crippen LogP contribution in [-0.2, 0) is 10.0 Å². The molecule has 28 heavy (non-hydrogen) atoms. The number of carbonyl (C=O) groups is 1. The topological polar surface area (TPSA) is 119 Å². The van der Waals surface area contributed by atoms with Crippen molar-refractivity contribution < 1.29 is 22.3 Å². The van der Waals surface area contributed by atoms with Gasteiger partial charge in [0.1, 0.15) is 10.4 Å². The molecule has 1 unspecified atom stereocenters. The summed E-state index contributed by atoms with van der Waals surface area (Å²) in [6, 6.07) is 4.58. The standard InChI is InChI=1S/C18H20N4O5S/c1-11-9-12(2)17(16-15(11)19-27-20-16)28(24,25)21-13-5-3-7-22(10-13)18(23)14-6-4-8-26-14/h4,6,8-9,13,21H,3,5,7,10H2,1-2H3. The van der Waals surface area contributed by atoms with Crippen LogP contribution in [0.3, 0.4) is 0 Å². The molecule has 3 aromatic rings. The summed E-state index contributed by atoms with van der Waals surface area (Å²) in [5.41, 5.74) is 1.99. The highest BCUT2D eigenvalue weighted by atomic mass is 32.2. The van der Waals surface area contributed by atoms with Crippen LogP contribution in [0.1, 0.15) is 34.5 Å². The minimum atomic E-state index is -3.88. The van der Waals surface area contributed by atoms with Gasteiger partial charge in [-0.1, -0.05) is 6.07 Å². The lowest BCUT2D eigenvalue weighted by molar-refractivity contribution is 0.0671. The molecule has 3 heterocycles. The van der Waals surface area contributed by atoms with Gasteiger partial charge in [-0.25, -0.2) is 17.8 Å². The molecule has 0 aliphatic carbocycles. The highest BCUT2D eigenvalue weighted by molar-refractivity contribution is 7.89. The van der Waals surface area contributed by atoms with Gasteiger partial charge in [0.15, 0.2) is 11.3 Å². The van der Waals surface area contributed by atoms with E-state index >= 15 is 0 Å². The molecule has 0 spiro atoms. The first-order chi connectivity index (χ1) is 13.4. The zero-order valence-electron chi connectivity index (χ0n) is 15.5. The van der Waals surface area contributed by atoms with E-state index in [2.05, 4.69) is 15.0 Å². The molecule has 1 N–H and O–H groups in total. The number of benzene rings is 1. The fraction of sp³-hybridized carbons (Fsp3) is 0.389. The van der Waals surface area contributed by atoms with Crippen molar-refractivity contribution in [3.05, 3.63) is 41.3 Å². The molecule has 0 saturated carbocycles. The van der Waals surface area contributed by atoms with Crippen molar-refractivity contribution in [2.24, 2.45) is 0 Å². The summed E-state index contributed by atoms with van der Waals surface area (Å²) < 4.78 is 38.9. The number of nitrogens with zero attached hydrogens (tertiary/aromatic N) is 3. The maximum absolute atomic E-state index is 13.1. The van der Waals surface area contributed by atoms with E-state index in [1.807, 2.05) is 6.92 Å². The van der Waals surface area contributed by atoms with Crippen LogP contribution < -0.4 is 4.72 Å². The molecular weight excluding hydrogens is 384 g/mol. The molecule has 0 radical (unpaired) electrons. The monoisotopic (exact) mass is 404 g/mol. The Labute approximate surface area is 161 Å². The predicted molar refractivity (Wildman–Crippen MR) is 99.2 cm³/mol. The highest BCUT2D eigenvalue weighted by Crippen LogP contribution is 2.27. The molecule has 148 valence electrons. The van der Waals surface area contributed by atoms with Crippen molar-refractivity contribution in [3.63, 3.8) is 0 Å². The Morgan fingerprint density at radius 3 is 2.79 bits per heavy atom. The smallest absolute Gasteiger partial charge is 0.289 e. The van der Waals surface area contributed by atoms with Gasteiger partial charge in [0, 0.05) is 19.1 Å². The zero-order chi connectivity index (χ0) is 19.9. The van der Waals surface area contributed by atoms with Crippen LogP contribution in [0.25, 0.3) is 11.0 Å². The van der Waals surface area contributed by atoms with Crippen molar-refractivity contribution in [1.82, 2.24) is 19.9 Å². The molecule has 4 rings (SSSR count). The van der Waals surface area contributed by atoms with Crippen LogP contribution >= 0.6 is 0 Å². The number of hydrogen-bond acceptors (Lipinski definition) is 7. The van der Waals surface area contributed by atoms with Crippen LogP contribution in [0.5, 0.6) is 0 Å². The summed E-state index contributed by atoms with van der Waals surface area (Å²) in [5.74, 6) is -0.00299. The number of rotatable bonds is 4. The second kappa shape index (κ2) is 7.02. The number of piperidine rings is 1. The number of nitrogens with one attached hydrogen (secondary N) is 1. The van der Waals surface area contributed by atoms with Gasteiger partial charge in [-0.3, -0.25) is 4.79 Å². The Hall–Kier alpha value is -2.72. The van der Waals surface area contributed by atoms with Gasteiger partial charge in [0.25, 0.3) is 5.91 Å². The molecule has 1 amide bonds. The Morgan fingerprint density at radius 1 is 1.25 bits per heavy atom. The number of aromatic nitrogens is 2. The van der Waals surface area contributed by atoms with Crippen LogP contribution in [-0.4, -0.2) is 48.7 Å². The highest BCUT2D eigenvalue weighted by Gasteiger charge is 2.31. The number of amides is 1. The largest absolute Gasteiger partial charge is 0.459 e. The Kier molecular flexibility index (Phi) is 4.68. The molecule has 1 fully saturated rings. The molecular formula is C18H20N4O5S. The molecule has 1 aliphatic rings. The van der Waals surface area contributed by atoms with Gasteiger partial charge in [0.05, 0.1) is 6.26 Å². The van der Waals surface area contributed by atoms with Gasteiger partial charge in [0.2, 0.25) is 10.0 Å². The molecule has 0 bridgehead atoms. The number of hydrogen-bond donors (Lipinski definition) is 1. The average Bonchev–Trinajstić information content (AvgIpc) is 3.32. The van der Waals surface area contributed by atoms with Gasteiger partial charge < -0.3 is 9.32 Å². The van der Waals surface area contributed by atoms with Crippen molar-refractivity contribution in [2.75, 3.05) is 13.1 Å². The SMILES string of the molecule is Cc1cc(C)c2nonc2c1S(=O)(=O)NC1CCCN(C(=O)c2ccco2)C1. The van der Waals surface area contributed by atoms with Gasteiger partial charge >= 0.3 is 0 Å². The summed E-state index contributed by atoms with van der Waals surface area (Å²) in [6.07, 6.45) is 2.76. The molecule has 9 nitrogen and oxygen atoms in total. The van der Waals surface area contributed by atoms with Gasteiger partial charge in [-0.15, -0.1) is 0 Å². The molecule has 1 aromatic carbocycles. The second-order valence-corrected chi connectivity index (χ2v) is 8.64. The summed E-state index contributed by atoms with van der Waals surface area (Å²) in [5, 5.41) is 7.60. The summed E-state index contributed by atoms with van der Waals surface area (Å²) >= 11 is 0. The number of sulfonamides is 1. The Balaban J connectivity index is 1.58. The Bertz CT molecular complexity index is 1120. The van der Waals surface area contributed by atoms with Crippen LogP contribution in [0.4, 0.5) is 0 Å². The van der Waals surface area contributed by atoms with E-state index in [0.29, 0.717) is 30.5 Å². The number of furan rings is 1. The first-order valence-electron chi connectivity index (χ1n) is 8.94. The normalized spacial score (nSPS) is 17.9. The van der Waals surface area contributed by atoms with Crippen LogP contribution in [0, 0.1) is 13.8 Å². The number of aryl methyl sites for hydroxylation is 2. The Morgan fingerprint density at radius 2 is 2.04 bits per heavy atom. The van der Waals surface area contributed by atoms with E-state index < -0.39 is 16.1 Å². The summed E-state index contributed by atoms with van der Waals surface area (Å²) in [4.78, 5) is 14.2. The van der Waals surface area contributed by atoms with E-state index in [1.165, 1.54) is 6.26 Å². The lowest BCUT2D eigenvalue weighted by Gasteiger charge is -2.32. The minimum absolute atomic E-state index is 0.0591. The second-order valence-electron chi connectivity index (χ2n) is 6.99. The minimum Gasteiger partial charge on any atom is -0.459 e. The van der Waals surface area contributed by atoms with Gasteiger partial charge in [-0.05, 0) is 60.3 Å². The number of likely N-dealkylation sites (tertiary alicyclic amines) is 1.